The van der Waals surface area contributed by atoms with E-state index in [2.05, 4.69) is 15.4 Å². The first-order valence-electron chi connectivity index (χ1n) is 8.50. The third kappa shape index (κ3) is 3.69. The Kier molecular flexibility index (Phi) is 5.09. The molecule has 1 amide bonds. The molecule has 0 fully saturated rings. The highest BCUT2D eigenvalue weighted by atomic mass is 32.2. The van der Waals surface area contributed by atoms with Crippen molar-refractivity contribution in [2.45, 2.75) is 25.2 Å². The summed E-state index contributed by atoms with van der Waals surface area (Å²) in [4.78, 5) is 28.5. The van der Waals surface area contributed by atoms with Crippen molar-refractivity contribution in [3.05, 3.63) is 57.6 Å². The number of hydrogen-bond donors (Lipinski definition) is 2. The highest BCUT2D eigenvalue weighted by molar-refractivity contribution is 7.89. The van der Waals surface area contributed by atoms with Crippen molar-refractivity contribution in [3.63, 3.8) is 0 Å². The zero-order valence-electron chi connectivity index (χ0n) is 16.0. The van der Waals surface area contributed by atoms with Gasteiger partial charge in [0.1, 0.15) is 0 Å². The van der Waals surface area contributed by atoms with E-state index in [-0.39, 0.29) is 22.8 Å². The number of carbonyl (C=O) groups is 1. The maximum Gasteiger partial charge on any atom is 0.266 e. The molecule has 10 heteroatoms. The number of nitrogens with zero attached hydrogens (tertiary/aromatic N) is 3. The van der Waals surface area contributed by atoms with Crippen LogP contribution in [0.15, 0.2) is 40.0 Å². The molecule has 3 rings (SSSR count). The number of aromatic nitrogens is 3. The Morgan fingerprint density at radius 3 is 2.64 bits per heavy atom. The van der Waals surface area contributed by atoms with Crippen LogP contribution in [0.1, 0.15) is 17.0 Å². The summed E-state index contributed by atoms with van der Waals surface area (Å²) in [5, 5.41) is 5.37. The smallest absolute Gasteiger partial charge is 0.266 e. The normalized spacial score (nSPS) is 11.9. The number of H-pyrrole nitrogens is 1. The number of sulfonamides is 1. The molecule has 0 aliphatic heterocycles. The van der Waals surface area contributed by atoms with Gasteiger partial charge in [-0.25, -0.2) is 22.2 Å². The second-order valence-electron chi connectivity index (χ2n) is 6.62. The summed E-state index contributed by atoms with van der Waals surface area (Å²) in [6.45, 7) is 3.57. The van der Waals surface area contributed by atoms with Crippen LogP contribution >= 0.6 is 0 Å². The molecule has 0 atom stereocenters. The van der Waals surface area contributed by atoms with Crippen molar-refractivity contribution >= 4 is 27.3 Å². The zero-order valence-corrected chi connectivity index (χ0v) is 16.8. The summed E-state index contributed by atoms with van der Waals surface area (Å²) >= 11 is 0. The summed E-state index contributed by atoms with van der Waals surface area (Å²) in [5.74, 6) is -0.318. The number of nitrogens with one attached hydrogen (secondary N) is 2. The Morgan fingerprint density at radius 1 is 1.25 bits per heavy atom. The number of aromatic amines is 1. The molecule has 9 nitrogen and oxygen atoms in total. The van der Waals surface area contributed by atoms with Crippen LogP contribution in [0.4, 0.5) is 5.69 Å². The number of fused-ring (bicyclic) bond motifs is 1. The van der Waals surface area contributed by atoms with E-state index < -0.39 is 10.0 Å². The summed E-state index contributed by atoms with van der Waals surface area (Å²) in [5.41, 5.74) is 2.65. The first-order valence-corrected chi connectivity index (χ1v) is 9.94. The molecule has 0 unspecified atom stereocenters. The number of hydrogen-bond acceptors (Lipinski definition) is 5. The van der Waals surface area contributed by atoms with E-state index in [1.807, 2.05) is 0 Å². The Morgan fingerprint density at radius 2 is 1.96 bits per heavy atom. The predicted molar refractivity (Wildman–Crippen MR) is 105 cm³/mol. The fourth-order valence-corrected chi connectivity index (χ4v) is 3.87. The number of rotatable bonds is 5. The molecular formula is C18H21N5O4S. The zero-order chi connectivity index (χ0) is 20.6. The maximum atomic E-state index is 12.5. The lowest BCUT2D eigenvalue weighted by Crippen LogP contribution is -2.22. The number of benzene rings is 1. The Bertz CT molecular complexity index is 1220. The van der Waals surface area contributed by atoms with Gasteiger partial charge in [0.15, 0.2) is 5.65 Å². The largest absolute Gasteiger partial charge is 0.326 e. The third-order valence-corrected chi connectivity index (χ3v) is 6.25. The van der Waals surface area contributed by atoms with Crippen molar-refractivity contribution in [1.29, 1.82) is 0 Å². The van der Waals surface area contributed by atoms with Crippen LogP contribution < -0.4 is 10.9 Å². The lowest BCUT2D eigenvalue weighted by atomic mass is 10.1. The second-order valence-corrected chi connectivity index (χ2v) is 8.77. The lowest BCUT2D eigenvalue weighted by molar-refractivity contribution is -0.115. The third-order valence-electron chi connectivity index (χ3n) is 4.44. The van der Waals surface area contributed by atoms with Gasteiger partial charge in [0, 0.05) is 42.8 Å². The quantitative estimate of drug-likeness (QED) is 0.661. The molecule has 0 saturated carbocycles. The second kappa shape index (κ2) is 7.21. The molecule has 2 heterocycles. The number of carbonyl (C=O) groups excluding carboxylic acids is 1. The van der Waals surface area contributed by atoms with Gasteiger partial charge in [-0.3, -0.25) is 14.7 Å². The molecule has 2 N–H and O–H groups in total. The molecule has 0 spiro atoms. The molecule has 0 saturated heterocycles. The van der Waals surface area contributed by atoms with Crippen LogP contribution in [0, 0.1) is 13.8 Å². The molecule has 0 radical (unpaired) electrons. The molecule has 0 aliphatic carbocycles. The summed E-state index contributed by atoms with van der Waals surface area (Å²) in [6.07, 6.45) is 0.0332. The van der Waals surface area contributed by atoms with Gasteiger partial charge >= 0.3 is 0 Å². The number of amides is 1. The number of anilines is 1. The molecule has 0 aliphatic rings. The minimum atomic E-state index is -3.59. The summed E-state index contributed by atoms with van der Waals surface area (Å²) in [6, 6.07) is 7.47. The molecule has 3 aromatic rings. The Hall–Kier alpha value is -2.98. The van der Waals surface area contributed by atoms with Gasteiger partial charge in [-0.2, -0.15) is 0 Å². The molecule has 0 bridgehead atoms. The van der Waals surface area contributed by atoms with Crippen LogP contribution in [0.5, 0.6) is 0 Å². The highest BCUT2D eigenvalue weighted by Gasteiger charge is 2.18. The molecular weight excluding hydrogens is 382 g/mol. The summed E-state index contributed by atoms with van der Waals surface area (Å²) < 4.78 is 27.2. The van der Waals surface area contributed by atoms with E-state index in [9.17, 15) is 18.0 Å². The molecule has 148 valence electrons. The van der Waals surface area contributed by atoms with E-state index in [1.165, 1.54) is 32.3 Å². The van der Waals surface area contributed by atoms with Gasteiger partial charge in [-0.15, -0.1) is 0 Å². The van der Waals surface area contributed by atoms with E-state index in [0.717, 1.165) is 4.31 Å². The summed E-state index contributed by atoms with van der Waals surface area (Å²) in [7, 11) is -0.704. The SMILES string of the molecule is Cc1nc2cc(=O)[nH]n2c(C)c1CC(=O)Nc1cccc(S(=O)(=O)N(C)C)c1. The van der Waals surface area contributed by atoms with Crippen molar-refractivity contribution in [2.24, 2.45) is 0 Å². The lowest BCUT2D eigenvalue weighted by Gasteiger charge is -2.14. The van der Waals surface area contributed by atoms with Crippen molar-refractivity contribution in [3.8, 4) is 0 Å². The first kappa shape index (κ1) is 19.8. The van der Waals surface area contributed by atoms with E-state index in [4.69, 9.17) is 0 Å². The maximum absolute atomic E-state index is 12.5. The molecule has 1 aromatic carbocycles. The van der Waals surface area contributed by atoms with E-state index in [1.54, 1.807) is 30.5 Å². The van der Waals surface area contributed by atoms with Crippen molar-refractivity contribution in [2.75, 3.05) is 19.4 Å². The first-order chi connectivity index (χ1) is 13.1. The van der Waals surface area contributed by atoms with Gasteiger partial charge < -0.3 is 5.32 Å². The van der Waals surface area contributed by atoms with Gasteiger partial charge in [0.05, 0.1) is 11.3 Å². The van der Waals surface area contributed by atoms with E-state index in [0.29, 0.717) is 28.3 Å². The highest BCUT2D eigenvalue weighted by Crippen LogP contribution is 2.19. The van der Waals surface area contributed by atoms with Crippen molar-refractivity contribution < 1.29 is 13.2 Å². The topological polar surface area (TPSA) is 117 Å². The average Bonchev–Trinajstić information content (AvgIpc) is 2.99. The van der Waals surface area contributed by atoms with Crippen LogP contribution in [-0.2, 0) is 21.2 Å². The van der Waals surface area contributed by atoms with Crippen LogP contribution in [-0.4, -0.2) is 47.3 Å². The monoisotopic (exact) mass is 403 g/mol. The molecule has 28 heavy (non-hydrogen) atoms. The Balaban J connectivity index is 1.86. The van der Waals surface area contributed by atoms with Gasteiger partial charge in [0.25, 0.3) is 5.56 Å². The fourth-order valence-electron chi connectivity index (χ4n) is 2.92. The predicted octanol–water partition coefficient (Wildman–Crippen LogP) is 1.07. The standard InChI is InChI=1S/C18H21N5O4S/c1-11-15(12(2)23-16(19-11)10-18(25)21-23)9-17(24)20-13-6-5-7-14(8-13)28(26,27)22(3)4/h5-8,10H,9H2,1-4H3,(H,20,24)(H,21,25). The van der Waals surface area contributed by atoms with Gasteiger partial charge in [-0.1, -0.05) is 6.07 Å². The Labute approximate surface area is 162 Å². The molecule has 2 aromatic heterocycles. The van der Waals surface area contributed by atoms with Crippen LogP contribution in [0.3, 0.4) is 0 Å². The minimum absolute atomic E-state index is 0.0332. The minimum Gasteiger partial charge on any atom is -0.326 e. The van der Waals surface area contributed by atoms with Gasteiger partial charge in [0.2, 0.25) is 15.9 Å². The van der Waals surface area contributed by atoms with Crippen molar-refractivity contribution in [1.82, 2.24) is 18.9 Å². The van der Waals surface area contributed by atoms with Crippen LogP contribution in [0.25, 0.3) is 5.65 Å². The average molecular weight is 403 g/mol. The van der Waals surface area contributed by atoms with Gasteiger partial charge in [-0.05, 0) is 32.0 Å². The number of aryl methyl sites for hydroxylation is 2. The van der Waals surface area contributed by atoms with E-state index >= 15 is 0 Å². The van der Waals surface area contributed by atoms with Crippen LogP contribution in [0.2, 0.25) is 0 Å². The fraction of sp³-hybridized carbons (Fsp3) is 0.278.